The lowest BCUT2D eigenvalue weighted by atomic mass is 10.0. The van der Waals surface area contributed by atoms with Crippen LogP contribution < -0.4 is 20.1 Å². The molecule has 4 rings (SSSR count). The van der Waals surface area contributed by atoms with Crippen molar-refractivity contribution < 1.29 is 23.8 Å². The number of aromatic nitrogens is 3. The van der Waals surface area contributed by atoms with Crippen molar-refractivity contribution in [2.75, 3.05) is 24.4 Å². The first-order valence-corrected chi connectivity index (χ1v) is 13.4. The molecule has 0 aliphatic carbocycles. The Morgan fingerprint density at radius 3 is 2.34 bits per heavy atom. The Kier molecular flexibility index (Phi) is 9.34. The molecule has 2 aromatic heterocycles. The highest BCUT2D eigenvalue weighted by molar-refractivity contribution is 5.97. The van der Waals surface area contributed by atoms with Gasteiger partial charge in [0, 0.05) is 35.3 Å². The van der Waals surface area contributed by atoms with Crippen molar-refractivity contribution in [3.8, 4) is 22.8 Å². The number of hydrogen-bond donors (Lipinski definition) is 2. The number of unbranched alkanes of at least 4 members (excludes halogenated alkanes) is 1. The molecule has 2 amide bonds. The van der Waals surface area contributed by atoms with Gasteiger partial charge in [0.05, 0.1) is 25.1 Å². The van der Waals surface area contributed by atoms with E-state index in [9.17, 15) is 9.59 Å². The van der Waals surface area contributed by atoms with E-state index in [4.69, 9.17) is 14.2 Å². The van der Waals surface area contributed by atoms with E-state index in [0.29, 0.717) is 48.9 Å². The minimum Gasteiger partial charge on any atom is -0.491 e. The number of hydrogen-bond acceptors (Lipinski definition) is 8. The number of benzene rings is 2. The van der Waals surface area contributed by atoms with Crippen molar-refractivity contribution in [3.05, 3.63) is 66.7 Å². The van der Waals surface area contributed by atoms with Crippen LogP contribution in [0.5, 0.6) is 11.6 Å². The molecule has 0 aliphatic heterocycles. The highest BCUT2D eigenvalue weighted by atomic mass is 16.6. The number of anilines is 2. The number of ether oxygens (including phenoxy) is 3. The fourth-order valence-corrected chi connectivity index (χ4v) is 4.11. The number of amides is 2. The van der Waals surface area contributed by atoms with E-state index in [-0.39, 0.29) is 5.91 Å². The van der Waals surface area contributed by atoms with Crippen molar-refractivity contribution >= 4 is 34.3 Å². The van der Waals surface area contributed by atoms with Crippen LogP contribution in [-0.2, 0) is 9.53 Å². The molecule has 0 fully saturated rings. The van der Waals surface area contributed by atoms with E-state index in [1.807, 2.05) is 31.2 Å². The van der Waals surface area contributed by atoms with Gasteiger partial charge in [-0.05, 0) is 76.4 Å². The fourth-order valence-electron chi connectivity index (χ4n) is 4.11. The Morgan fingerprint density at radius 1 is 0.902 bits per heavy atom. The number of carbonyl (C=O) groups is 2. The number of pyridine rings is 1. The van der Waals surface area contributed by atoms with Gasteiger partial charge in [-0.15, -0.1) is 0 Å². The average molecular weight is 558 g/mol. The number of aryl methyl sites for hydroxylation is 1. The highest BCUT2D eigenvalue weighted by Gasteiger charge is 2.18. The van der Waals surface area contributed by atoms with Crippen molar-refractivity contribution in [1.82, 2.24) is 15.0 Å². The number of nitrogens with one attached hydrogen (secondary N) is 2. The van der Waals surface area contributed by atoms with Crippen LogP contribution in [-0.4, -0.2) is 46.3 Å². The van der Waals surface area contributed by atoms with Gasteiger partial charge in [0.2, 0.25) is 11.8 Å². The van der Waals surface area contributed by atoms with Crippen LogP contribution in [0.1, 0.15) is 45.7 Å². The van der Waals surface area contributed by atoms with E-state index in [0.717, 1.165) is 27.7 Å². The van der Waals surface area contributed by atoms with Crippen LogP contribution in [0.15, 0.2) is 61.1 Å². The standard InChI is InChI=1S/C31H35N5O5/c1-20-23-16-22(21-13-14-28(39-5)32-18-21)17-26(29(23)34-19-33-20)40-15-9-8-12-27(37)35-24-10-6-7-11-25(24)36-30(38)41-31(2,3)4/h6-7,10-11,13-14,16-19H,8-9,12,15H2,1-5H3,(H,35,37)(H,36,38). The number of fused-ring (bicyclic) bond motifs is 1. The molecule has 10 nitrogen and oxygen atoms in total. The monoisotopic (exact) mass is 557 g/mol. The molecule has 0 bridgehead atoms. The second-order valence-corrected chi connectivity index (χ2v) is 10.4. The van der Waals surface area contributed by atoms with Crippen LogP contribution in [0.4, 0.5) is 16.2 Å². The normalized spacial score (nSPS) is 11.1. The minimum absolute atomic E-state index is 0.161. The average Bonchev–Trinajstić information content (AvgIpc) is 2.93. The molecule has 0 aliphatic rings. The lowest BCUT2D eigenvalue weighted by Crippen LogP contribution is -2.27. The fraction of sp³-hybridized carbons (Fsp3) is 0.323. The molecule has 2 N–H and O–H groups in total. The Morgan fingerprint density at radius 2 is 1.66 bits per heavy atom. The smallest absolute Gasteiger partial charge is 0.412 e. The van der Waals surface area contributed by atoms with Gasteiger partial charge in [-0.3, -0.25) is 10.1 Å². The zero-order valence-electron chi connectivity index (χ0n) is 24.0. The molecule has 10 heteroatoms. The number of nitrogens with zero attached hydrogens (tertiary/aromatic N) is 3. The van der Waals surface area contributed by atoms with Crippen molar-refractivity contribution in [2.24, 2.45) is 0 Å². The predicted octanol–water partition coefficient (Wildman–Crippen LogP) is 6.54. The van der Waals surface area contributed by atoms with Gasteiger partial charge in [-0.1, -0.05) is 12.1 Å². The van der Waals surface area contributed by atoms with Crippen LogP contribution >= 0.6 is 0 Å². The summed E-state index contributed by atoms with van der Waals surface area (Å²) in [5, 5.41) is 6.46. The van der Waals surface area contributed by atoms with Crippen molar-refractivity contribution in [3.63, 3.8) is 0 Å². The van der Waals surface area contributed by atoms with E-state index < -0.39 is 11.7 Å². The van der Waals surface area contributed by atoms with Gasteiger partial charge in [0.15, 0.2) is 0 Å². The molecule has 0 saturated heterocycles. The zero-order chi connectivity index (χ0) is 29.4. The third-order valence-corrected chi connectivity index (χ3v) is 6.07. The predicted molar refractivity (Wildman–Crippen MR) is 158 cm³/mol. The van der Waals surface area contributed by atoms with Gasteiger partial charge in [0.25, 0.3) is 0 Å². The number of carbonyl (C=O) groups excluding carboxylic acids is 2. The summed E-state index contributed by atoms with van der Waals surface area (Å²) in [4.78, 5) is 37.9. The highest BCUT2D eigenvalue weighted by Crippen LogP contribution is 2.33. The van der Waals surface area contributed by atoms with Gasteiger partial charge in [0.1, 0.15) is 23.2 Å². The molecule has 41 heavy (non-hydrogen) atoms. The first-order chi connectivity index (χ1) is 19.6. The molecule has 0 unspecified atom stereocenters. The van der Waals surface area contributed by atoms with Crippen LogP contribution in [0, 0.1) is 6.92 Å². The second-order valence-electron chi connectivity index (χ2n) is 10.4. The topological polar surface area (TPSA) is 125 Å². The molecule has 0 saturated carbocycles. The van der Waals surface area contributed by atoms with Crippen molar-refractivity contribution in [1.29, 1.82) is 0 Å². The zero-order valence-corrected chi connectivity index (χ0v) is 24.0. The Hall–Kier alpha value is -4.73. The molecule has 0 atom stereocenters. The SMILES string of the molecule is COc1ccc(-c2cc(OCCCCC(=O)Nc3ccccc3NC(=O)OC(C)(C)C)c3ncnc(C)c3c2)cn1. The first-order valence-electron chi connectivity index (χ1n) is 13.4. The molecule has 214 valence electrons. The van der Waals surface area contributed by atoms with Crippen LogP contribution in [0.3, 0.4) is 0 Å². The summed E-state index contributed by atoms with van der Waals surface area (Å²) in [6, 6.07) is 14.7. The summed E-state index contributed by atoms with van der Waals surface area (Å²) in [7, 11) is 1.58. The molecule has 4 aromatic rings. The van der Waals surface area contributed by atoms with Crippen molar-refractivity contribution in [2.45, 2.75) is 52.6 Å². The summed E-state index contributed by atoms with van der Waals surface area (Å²) in [5.41, 5.74) is 3.77. The first kappa shape index (κ1) is 29.3. The van der Waals surface area contributed by atoms with Crippen LogP contribution in [0.25, 0.3) is 22.0 Å². The maximum atomic E-state index is 12.6. The second kappa shape index (κ2) is 13.1. The maximum Gasteiger partial charge on any atom is 0.412 e. The molecule has 0 radical (unpaired) electrons. The van der Waals surface area contributed by atoms with Gasteiger partial charge in [-0.25, -0.2) is 19.7 Å². The number of para-hydroxylation sites is 2. The number of rotatable bonds is 10. The molecule has 0 spiro atoms. The Labute approximate surface area is 239 Å². The molecule has 2 aromatic carbocycles. The summed E-state index contributed by atoms with van der Waals surface area (Å²) in [6.07, 6.45) is 4.26. The largest absolute Gasteiger partial charge is 0.491 e. The van der Waals surface area contributed by atoms with Gasteiger partial charge >= 0.3 is 6.09 Å². The van der Waals surface area contributed by atoms with Gasteiger partial charge in [-0.2, -0.15) is 0 Å². The van der Waals surface area contributed by atoms with E-state index in [2.05, 4.69) is 25.6 Å². The lowest BCUT2D eigenvalue weighted by molar-refractivity contribution is -0.116. The third-order valence-electron chi connectivity index (χ3n) is 6.07. The summed E-state index contributed by atoms with van der Waals surface area (Å²) in [5.74, 6) is 1.02. The van der Waals surface area contributed by atoms with E-state index in [1.165, 1.54) is 6.33 Å². The summed E-state index contributed by atoms with van der Waals surface area (Å²) < 4.78 is 16.6. The Bertz CT molecular complexity index is 1520. The quantitative estimate of drug-likeness (QED) is 0.211. The molecule has 2 heterocycles. The summed E-state index contributed by atoms with van der Waals surface area (Å²) >= 11 is 0. The van der Waals surface area contributed by atoms with Gasteiger partial charge < -0.3 is 19.5 Å². The van der Waals surface area contributed by atoms with Crippen LogP contribution in [0.2, 0.25) is 0 Å². The lowest BCUT2D eigenvalue weighted by Gasteiger charge is -2.20. The van der Waals surface area contributed by atoms with E-state index in [1.54, 1.807) is 58.3 Å². The third kappa shape index (κ3) is 8.14. The van der Waals surface area contributed by atoms with E-state index >= 15 is 0 Å². The minimum atomic E-state index is -0.628. The summed E-state index contributed by atoms with van der Waals surface area (Å²) in [6.45, 7) is 7.71. The maximum absolute atomic E-state index is 12.6. The Balaban J connectivity index is 1.34. The molecular formula is C31H35N5O5. The number of methoxy groups -OCH3 is 1. The molecular weight excluding hydrogens is 522 g/mol.